The lowest BCUT2D eigenvalue weighted by Crippen LogP contribution is -2.20. The molecule has 20 heavy (non-hydrogen) atoms. The van der Waals surface area contributed by atoms with Crippen molar-refractivity contribution >= 4 is 11.6 Å². The fourth-order valence-electron chi connectivity index (χ4n) is 2.09. The van der Waals surface area contributed by atoms with E-state index in [1.807, 2.05) is 61.7 Å². The van der Waals surface area contributed by atoms with Gasteiger partial charge in [0.15, 0.2) is 0 Å². The number of aromatic nitrogens is 1. The molecule has 1 aromatic heterocycles. The first-order valence-electron chi connectivity index (χ1n) is 6.75. The van der Waals surface area contributed by atoms with Crippen LogP contribution in [0.1, 0.15) is 18.3 Å². The van der Waals surface area contributed by atoms with Crippen LogP contribution in [0.25, 0.3) is 0 Å². The molecule has 1 N–H and O–H groups in total. The molecule has 0 radical (unpaired) electrons. The molecule has 0 bridgehead atoms. The van der Waals surface area contributed by atoms with Crippen molar-refractivity contribution in [3.05, 3.63) is 47.8 Å². The zero-order valence-electron chi connectivity index (χ0n) is 12.1. The van der Waals surface area contributed by atoms with Crippen molar-refractivity contribution in [2.24, 2.45) is 0 Å². The van der Waals surface area contributed by atoms with E-state index >= 15 is 0 Å². The SMILES string of the molecule is CCOc1ccc(NC(=O)Cn2c(C)ccc2C)cc1. The van der Waals surface area contributed by atoms with Gasteiger partial charge >= 0.3 is 0 Å². The summed E-state index contributed by atoms with van der Waals surface area (Å²) in [6.07, 6.45) is 0. The first-order chi connectivity index (χ1) is 9.60. The summed E-state index contributed by atoms with van der Waals surface area (Å²) in [5.74, 6) is 0.777. The molecule has 0 aliphatic rings. The molecule has 0 unspecified atom stereocenters. The van der Waals surface area contributed by atoms with Gasteiger partial charge < -0.3 is 14.6 Å². The van der Waals surface area contributed by atoms with E-state index in [0.29, 0.717) is 13.2 Å². The third kappa shape index (κ3) is 3.41. The third-order valence-corrected chi connectivity index (χ3v) is 3.17. The van der Waals surface area contributed by atoms with Crippen LogP contribution in [-0.2, 0) is 11.3 Å². The summed E-state index contributed by atoms with van der Waals surface area (Å²) < 4.78 is 7.36. The van der Waals surface area contributed by atoms with Gasteiger partial charge in [0.05, 0.1) is 6.61 Å². The Kier molecular flexibility index (Phi) is 4.45. The number of rotatable bonds is 5. The van der Waals surface area contributed by atoms with E-state index in [1.54, 1.807) is 0 Å². The maximum absolute atomic E-state index is 12.0. The molecular weight excluding hydrogens is 252 g/mol. The summed E-state index contributed by atoms with van der Waals surface area (Å²) in [5.41, 5.74) is 2.95. The number of aryl methyl sites for hydroxylation is 2. The summed E-state index contributed by atoms with van der Waals surface area (Å²) in [6.45, 7) is 6.90. The lowest BCUT2D eigenvalue weighted by atomic mass is 10.3. The number of carbonyl (C=O) groups excluding carboxylic acids is 1. The quantitative estimate of drug-likeness (QED) is 0.908. The lowest BCUT2D eigenvalue weighted by Gasteiger charge is -2.10. The van der Waals surface area contributed by atoms with Gasteiger partial charge in [-0.1, -0.05) is 0 Å². The van der Waals surface area contributed by atoms with Gasteiger partial charge in [0.2, 0.25) is 5.91 Å². The summed E-state index contributed by atoms with van der Waals surface area (Å²) in [7, 11) is 0. The topological polar surface area (TPSA) is 43.3 Å². The van der Waals surface area contributed by atoms with Crippen molar-refractivity contribution in [3.63, 3.8) is 0 Å². The highest BCUT2D eigenvalue weighted by Gasteiger charge is 2.07. The second-order valence-corrected chi connectivity index (χ2v) is 4.71. The Morgan fingerprint density at radius 1 is 1.10 bits per heavy atom. The molecule has 0 atom stereocenters. The number of nitrogens with zero attached hydrogens (tertiary/aromatic N) is 1. The molecule has 2 aromatic rings. The largest absolute Gasteiger partial charge is 0.494 e. The minimum Gasteiger partial charge on any atom is -0.494 e. The number of amides is 1. The molecule has 0 aliphatic heterocycles. The predicted octanol–water partition coefficient (Wildman–Crippen LogP) is 3.14. The third-order valence-electron chi connectivity index (χ3n) is 3.17. The minimum atomic E-state index is -0.0310. The predicted molar refractivity (Wildman–Crippen MR) is 80.1 cm³/mol. The number of benzene rings is 1. The summed E-state index contributed by atoms with van der Waals surface area (Å²) in [5, 5.41) is 2.89. The Balaban J connectivity index is 1.97. The molecule has 0 fully saturated rings. The Labute approximate surface area is 119 Å². The van der Waals surface area contributed by atoms with Crippen molar-refractivity contribution in [2.75, 3.05) is 11.9 Å². The van der Waals surface area contributed by atoms with Crippen molar-refractivity contribution in [2.45, 2.75) is 27.3 Å². The van der Waals surface area contributed by atoms with Crippen LogP contribution in [0.2, 0.25) is 0 Å². The second kappa shape index (κ2) is 6.28. The van der Waals surface area contributed by atoms with Gasteiger partial charge in [0.1, 0.15) is 12.3 Å². The van der Waals surface area contributed by atoms with Gasteiger partial charge in [-0.15, -0.1) is 0 Å². The number of carbonyl (C=O) groups is 1. The highest BCUT2D eigenvalue weighted by molar-refractivity contribution is 5.90. The van der Waals surface area contributed by atoms with Crippen LogP contribution in [0, 0.1) is 13.8 Å². The molecule has 0 saturated heterocycles. The summed E-state index contributed by atoms with van der Waals surface area (Å²) in [6, 6.07) is 11.4. The average Bonchev–Trinajstić information content (AvgIpc) is 2.73. The van der Waals surface area contributed by atoms with Crippen LogP contribution in [0.5, 0.6) is 5.75 Å². The molecular formula is C16H20N2O2. The number of hydrogen-bond acceptors (Lipinski definition) is 2. The molecule has 2 rings (SSSR count). The Hall–Kier alpha value is -2.23. The molecule has 0 spiro atoms. The monoisotopic (exact) mass is 272 g/mol. The van der Waals surface area contributed by atoms with Crippen LogP contribution >= 0.6 is 0 Å². The van der Waals surface area contributed by atoms with Gasteiger partial charge in [-0.05, 0) is 57.2 Å². The van der Waals surface area contributed by atoms with E-state index in [0.717, 1.165) is 22.8 Å². The zero-order chi connectivity index (χ0) is 14.5. The van der Waals surface area contributed by atoms with E-state index in [1.165, 1.54) is 0 Å². The maximum atomic E-state index is 12.0. The van der Waals surface area contributed by atoms with Crippen molar-refractivity contribution < 1.29 is 9.53 Å². The van der Waals surface area contributed by atoms with Gasteiger partial charge in [0, 0.05) is 17.1 Å². The lowest BCUT2D eigenvalue weighted by molar-refractivity contribution is -0.116. The van der Waals surface area contributed by atoms with Gasteiger partial charge in [-0.2, -0.15) is 0 Å². The van der Waals surface area contributed by atoms with E-state index in [4.69, 9.17) is 4.74 Å². The highest BCUT2D eigenvalue weighted by atomic mass is 16.5. The first-order valence-corrected chi connectivity index (χ1v) is 6.75. The normalized spacial score (nSPS) is 10.3. The van der Waals surface area contributed by atoms with Crippen molar-refractivity contribution in [3.8, 4) is 5.75 Å². The summed E-state index contributed by atoms with van der Waals surface area (Å²) in [4.78, 5) is 12.0. The molecule has 1 heterocycles. The first kappa shape index (κ1) is 14.2. The molecule has 0 aliphatic carbocycles. The van der Waals surface area contributed by atoms with Crippen molar-refractivity contribution in [1.29, 1.82) is 0 Å². The molecule has 106 valence electrons. The molecule has 4 nitrogen and oxygen atoms in total. The molecule has 4 heteroatoms. The Morgan fingerprint density at radius 3 is 2.25 bits per heavy atom. The Morgan fingerprint density at radius 2 is 1.70 bits per heavy atom. The molecule has 1 aromatic carbocycles. The van der Waals surface area contributed by atoms with Crippen molar-refractivity contribution in [1.82, 2.24) is 4.57 Å². The number of ether oxygens (including phenoxy) is 1. The number of nitrogens with one attached hydrogen (secondary N) is 1. The molecule has 1 amide bonds. The van der Waals surface area contributed by atoms with Crippen LogP contribution in [-0.4, -0.2) is 17.1 Å². The molecule has 0 saturated carbocycles. The van der Waals surface area contributed by atoms with Gasteiger partial charge in [-0.25, -0.2) is 0 Å². The average molecular weight is 272 g/mol. The zero-order valence-corrected chi connectivity index (χ0v) is 12.1. The fraction of sp³-hybridized carbons (Fsp3) is 0.312. The smallest absolute Gasteiger partial charge is 0.244 e. The van der Waals surface area contributed by atoms with Crippen LogP contribution in [0.4, 0.5) is 5.69 Å². The number of hydrogen-bond donors (Lipinski definition) is 1. The Bertz CT molecular complexity index is 566. The standard InChI is InChI=1S/C16H20N2O2/c1-4-20-15-9-7-14(8-10-15)17-16(19)11-18-12(2)5-6-13(18)3/h5-10H,4,11H2,1-3H3,(H,17,19). The maximum Gasteiger partial charge on any atom is 0.244 e. The van der Waals surface area contributed by atoms with Gasteiger partial charge in [-0.3, -0.25) is 4.79 Å². The summed E-state index contributed by atoms with van der Waals surface area (Å²) >= 11 is 0. The highest BCUT2D eigenvalue weighted by Crippen LogP contribution is 2.16. The minimum absolute atomic E-state index is 0.0310. The van der Waals surface area contributed by atoms with Gasteiger partial charge in [0.25, 0.3) is 0 Å². The van der Waals surface area contributed by atoms with Crippen LogP contribution in [0.15, 0.2) is 36.4 Å². The van der Waals surface area contributed by atoms with E-state index in [9.17, 15) is 4.79 Å². The van der Waals surface area contributed by atoms with E-state index < -0.39 is 0 Å². The number of anilines is 1. The fourth-order valence-corrected chi connectivity index (χ4v) is 2.09. The van der Waals surface area contributed by atoms with E-state index in [2.05, 4.69) is 5.32 Å². The second-order valence-electron chi connectivity index (χ2n) is 4.71. The van der Waals surface area contributed by atoms with Crippen LogP contribution in [0.3, 0.4) is 0 Å². The van der Waals surface area contributed by atoms with E-state index in [-0.39, 0.29) is 5.91 Å². The van der Waals surface area contributed by atoms with Crippen LogP contribution < -0.4 is 10.1 Å².